The molecule has 0 spiro atoms. The summed E-state index contributed by atoms with van der Waals surface area (Å²) in [6.45, 7) is 0. The van der Waals surface area contributed by atoms with Gasteiger partial charge in [-0.25, -0.2) is 13.4 Å². The van der Waals surface area contributed by atoms with Crippen LogP contribution in [0.25, 0.3) is 0 Å². The molecule has 0 radical (unpaired) electrons. The third-order valence-corrected chi connectivity index (χ3v) is 6.59. The first-order valence-electron chi connectivity index (χ1n) is 8.51. The second-order valence-electron chi connectivity index (χ2n) is 6.79. The van der Waals surface area contributed by atoms with Crippen LogP contribution in [0.15, 0.2) is 40.7 Å². The van der Waals surface area contributed by atoms with Crippen LogP contribution in [0.4, 0.5) is 5.13 Å². The van der Waals surface area contributed by atoms with Gasteiger partial charge in [0.15, 0.2) is 15.0 Å². The Morgan fingerprint density at radius 2 is 2.08 bits per heavy atom. The SMILES string of the molecule is CS(=O)(=O)c1ccc(C(CC2CCC(O)C2)C(=O)Nc2nccs2)cc1. The number of aromatic nitrogens is 1. The van der Waals surface area contributed by atoms with E-state index in [-0.39, 0.29) is 22.8 Å². The first-order valence-corrected chi connectivity index (χ1v) is 11.3. The Labute approximate surface area is 157 Å². The maximum atomic E-state index is 12.8. The summed E-state index contributed by atoms with van der Waals surface area (Å²) in [5, 5.41) is 14.9. The maximum Gasteiger partial charge on any atom is 0.233 e. The molecule has 26 heavy (non-hydrogen) atoms. The van der Waals surface area contributed by atoms with Gasteiger partial charge in [-0.05, 0) is 49.3 Å². The molecule has 1 saturated carbocycles. The molecule has 1 aliphatic rings. The number of carbonyl (C=O) groups excluding carboxylic acids is 1. The Kier molecular flexibility index (Phi) is 5.74. The molecular formula is C18H22N2O4S2. The Hall–Kier alpha value is -1.77. The van der Waals surface area contributed by atoms with E-state index < -0.39 is 15.8 Å². The fraction of sp³-hybridized carbons (Fsp3) is 0.444. The largest absolute Gasteiger partial charge is 0.393 e. The predicted octanol–water partition coefficient (Wildman–Crippen LogP) is 2.82. The van der Waals surface area contributed by atoms with Crippen molar-refractivity contribution in [1.29, 1.82) is 0 Å². The van der Waals surface area contributed by atoms with E-state index in [0.717, 1.165) is 24.7 Å². The first kappa shape index (κ1) is 19.0. The summed E-state index contributed by atoms with van der Waals surface area (Å²) in [6, 6.07) is 6.48. The number of carbonyl (C=O) groups is 1. The Morgan fingerprint density at radius 1 is 1.35 bits per heavy atom. The minimum absolute atomic E-state index is 0.159. The lowest BCUT2D eigenvalue weighted by molar-refractivity contribution is -0.118. The van der Waals surface area contributed by atoms with E-state index in [1.807, 2.05) is 0 Å². The minimum atomic E-state index is -3.28. The maximum absolute atomic E-state index is 12.8. The number of nitrogens with zero attached hydrogens (tertiary/aromatic N) is 1. The fourth-order valence-electron chi connectivity index (χ4n) is 3.42. The van der Waals surface area contributed by atoms with Crippen molar-refractivity contribution in [2.75, 3.05) is 11.6 Å². The van der Waals surface area contributed by atoms with Crippen LogP contribution >= 0.6 is 11.3 Å². The molecular weight excluding hydrogens is 372 g/mol. The summed E-state index contributed by atoms with van der Waals surface area (Å²) in [7, 11) is -3.28. The number of rotatable bonds is 6. The van der Waals surface area contributed by atoms with Crippen LogP contribution in [0.3, 0.4) is 0 Å². The van der Waals surface area contributed by atoms with Gasteiger partial charge >= 0.3 is 0 Å². The smallest absolute Gasteiger partial charge is 0.233 e. The molecule has 1 fully saturated rings. The zero-order valence-electron chi connectivity index (χ0n) is 14.5. The third-order valence-electron chi connectivity index (χ3n) is 4.77. The molecule has 1 aromatic carbocycles. The summed E-state index contributed by atoms with van der Waals surface area (Å²) < 4.78 is 23.3. The van der Waals surface area contributed by atoms with E-state index in [2.05, 4.69) is 10.3 Å². The molecule has 2 N–H and O–H groups in total. The molecule has 1 amide bonds. The van der Waals surface area contributed by atoms with Gasteiger partial charge in [0.05, 0.1) is 16.9 Å². The van der Waals surface area contributed by atoms with E-state index in [4.69, 9.17) is 0 Å². The molecule has 140 valence electrons. The van der Waals surface area contributed by atoms with E-state index in [1.54, 1.807) is 23.7 Å². The Morgan fingerprint density at radius 3 is 2.62 bits per heavy atom. The molecule has 3 unspecified atom stereocenters. The molecule has 1 aromatic heterocycles. The number of anilines is 1. The molecule has 2 aromatic rings. The number of nitrogens with one attached hydrogen (secondary N) is 1. The van der Waals surface area contributed by atoms with Gasteiger partial charge in [-0.1, -0.05) is 12.1 Å². The van der Waals surface area contributed by atoms with E-state index >= 15 is 0 Å². The molecule has 6 nitrogen and oxygen atoms in total. The normalized spacial score (nSPS) is 21.5. The number of thiazole rings is 1. The average molecular weight is 395 g/mol. The van der Waals surface area contributed by atoms with E-state index in [0.29, 0.717) is 18.0 Å². The van der Waals surface area contributed by atoms with Gasteiger partial charge in [0.1, 0.15) is 0 Å². The molecule has 8 heteroatoms. The van der Waals surface area contributed by atoms with Crippen molar-refractivity contribution in [2.24, 2.45) is 5.92 Å². The zero-order valence-corrected chi connectivity index (χ0v) is 16.1. The lowest BCUT2D eigenvalue weighted by atomic mass is 9.87. The van der Waals surface area contributed by atoms with Crippen molar-refractivity contribution in [3.63, 3.8) is 0 Å². The predicted molar refractivity (Wildman–Crippen MR) is 101 cm³/mol. The van der Waals surface area contributed by atoms with Crippen LogP contribution in [0.1, 0.15) is 37.2 Å². The number of aliphatic hydroxyl groups is 1. The summed E-state index contributed by atoms with van der Waals surface area (Å²) >= 11 is 1.35. The number of benzene rings is 1. The van der Waals surface area contributed by atoms with E-state index in [1.165, 1.54) is 23.5 Å². The monoisotopic (exact) mass is 394 g/mol. The topological polar surface area (TPSA) is 96.4 Å². The van der Waals surface area contributed by atoms with Crippen molar-refractivity contribution >= 4 is 32.2 Å². The molecule has 0 saturated heterocycles. The second kappa shape index (κ2) is 7.85. The van der Waals surface area contributed by atoms with Crippen LogP contribution in [-0.2, 0) is 14.6 Å². The highest BCUT2D eigenvalue weighted by atomic mass is 32.2. The first-order chi connectivity index (χ1) is 12.3. The van der Waals surface area contributed by atoms with Crippen LogP contribution in [0, 0.1) is 5.92 Å². The summed E-state index contributed by atoms with van der Waals surface area (Å²) in [4.78, 5) is 17.2. The van der Waals surface area contributed by atoms with Crippen LogP contribution in [0.2, 0.25) is 0 Å². The third kappa shape index (κ3) is 4.69. The summed E-state index contributed by atoms with van der Waals surface area (Å²) in [6.07, 6.45) is 5.46. The number of hydrogen-bond acceptors (Lipinski definition) is 6. The lowest BCUT2D eigenvalue weighted by Gasteiger charge is -2.20. The van der Waals surface area contributed by atoms with Gasteiger partial charge in [0.2, 0.25) is 5.91 Å². The van der Waals surface area contributed by atoms with Crippen LogP contribution < -0.4 is 5.32 Å². The van der Waals surface area contributed by atoms with Crippen molar-refractivity contribution in [2.45, 2.75) is 42.6 Å². The lowest BCUT2D eigenvalue weighted by Crippen LogP contribution is -2.23. The van der Waals surface area contributed by atoms with Gasteiger partial charge in [-0.15, -0.1) is 11.3 Å². The standard InChI is InChI=1S/C18H22N2O4S2/c1-26(23,24)15-6-3-13(4-7-15)16(11-12-2-5-14(21)10-12)17(22)20-18-19-8-9-25-18/h3-4,6-9,12,14,16,21H,2,5,10-11H2,1H3,(H,19,20,22). The van der Waals surface area contributed by atoms with Gasteiger partial charge in [-0.3, -0.25) is 4.79 Å². The number of sulfone groups is 1. The van der Waals surface area contributed by atoms with Crippen LogP contribution in [-0.4, -0.2) is 36.8 Å². The molecule has 1 aliphatic carbocycles. The average Bonchev–Trinajstić information content (AvgIpc) is 3.23. The highest BCUT2D eigenvalue weighted by Gasteiger charge is 2.30. The van der Waals surface area contributed by atoms with Gasteiger partial charge in [-0.2, -0.15) is 0 Å². The number of hydrogen-bond donors (Lipinski definition) is 2. The molecule has 1 heterocycles. The molecule has 3 rings (SSSR count). The number of amides is 1. The molecule has 3 atom stereocenters. The summed E-state index contributed by atoms with van der Waals surface area (Å²) in [5.41, 5.74) is 0.771. The molecule has 0 aliphatic heterocycles. The highest BCUT2D eigenvalue weighted by molar-refractivity contribution is 7.90. The zero-order chi connectivity index (χ0) is 18.7. The van der Waals surface area contributed by atoms with Crippen molar-refractivity contribution in [3.8, 4) is 0 Å². The second-order valence-corrected chi connectivity index (χ2v) is 9.70. The van der Waals surface area contributed by atoms with Crippen molar-refractivity contribution in [3.05, 3.63) is 41.4 Å². The Bertz CT molecular complexity index is 848. The fourth-order valence-corrected chi connectivity index (χ4v) is 4.58. The van der Waals surface area contributed by atoms with Crippen molar-refractivity contribution in [1.82, 2.24) is 4.98 Å². The van der Waals surface area contributed by atoms with Crippen LogP contribution in [0.5, 0.6) is 0 Å². The van der Waals surface area contributed by atoms with Gasteiger partial charge < -0.3 is 10.4 Å². The van der Waals surface area contributed by atoms with Crippen molar-refractivity contribution < 1.29 is 18.3 Å². The quantitative estimate of drug-likeness (QED) is 0.785. The highest BCUT2D eigenvalue weighted by Crippen LogP contribution is 2.35. The Balaban J connectivity index is 1.82. The van der Waals surface area contributed by atoms with Gasteiger partial charge in [0.25, 0.3) is 0 Å². The number of aliphatic hydroxyl groups excluding tert-OH is 1. The summed E-state index contributed by atoms with van der Waals surface area (Å²) in [5.74, 6) is -0.303. The minimum Gasteiger partial charge on any atom is -0.393 e. The van der Waals surface area contributed by atoms with E-state index in [9.17, 15) is 18.3 Å². The van der Waals surface area contributed by atoms with Gasteiger partial charge in [0, 0.05) is 17.8 Å². The molecule has 0 bridgehead atoms.